The number of hydrogen-bond donors (Lipinski definition) is 0. The van der Waals surface area contributed by atoms with E-state index in [2.05, 4.69) is 0 Å². The summed E-state index contributed by atoms with van der Waals surface area (Å²) in [5.41, 5.74) is -1.36. The van der Waals surface area contributed by atoms with Crippen LogP contribution >= 0.6 is 0 Å². The Morgan fingerprint density at radius 1 is 1.22 bits per heavy atom. The average Bonchev–Trinajstić information content (AvgIpc) is 2.23. The summed E-state index contributed by atoms with van der Waals surface area (Å²) in [6, 6.07) is 4.49. The monoisotopic (exact) mass is 260 g/mol. The Balaban J connectivity index is 2.73. The fourth-order valence-corrected chi connectivity index (χ4v) is 1.13. The summed E-state index contributed by atoms with van der Waals surface area (Å²) in [6.07, 6.45) is -4.41. The second kappa shape index (κ2) is 5.00. The van der Waals surface area contributed by atoms with Crippen molar-refractivity contribution in [1.82, 2.24) is 0 Å². The number of halogens is 3. The molecule has 0 aliphatic heterocycles. The summed E-state index contributed by atoms with van der Waals surface area (Å²) in [7, 11) is 0. The number of hydrogen-bond acceptors (Lipinski definition) is 2. The topological polar surface area (TPSA) is 26.3 Å². The van der Waals surface area contributed by atoms with Crippen molar-refractivity contribution >= 4 is 5.78 Å². The van der Waals surface area contributed by atoms with Crippen LogP contribution < -0.4 is 4.74 Å². The molecule has 0 unspecified atom stereocenters. The van der Waals surface area contributed by atoms with Crippen molar-refractivity contribution in [2.24, 2.45) is 5.41 Å². The van der Waals surface area contributed by atoms with Gasteiger partial charge in [0.1, 0.15) is 12.4 Å². The number of carbonyl (C=O) groups is 1. The van der Waals surface area contributed by atoms with Crippen molar-refractivity contribution < 1.29 is 22.7 Å². The minimum absolute atomic E-state index is 0.0439. The average molecular weight is 260 g/mol. The Morgan fingerprint density at radius 2 is 1.83 bits per heavy atom. The van der Waals surface area contributed by atoms with Crippen LogP contribution in [0.2, 0.25) is 0 Å². The molecule has 0 N–H and O–H groups in total. The van der Waals surface area contributed by atoms with Gasteiger partial charge in [0.2, 0.25) is 0 Å². The highest BCUT2D eigenvalue weighted by atomic mass is 19.4. The van der Waals surface area contributed by atoms with Crippen LogP contribution in [0.4, 0.5) is 13.2 Å². The van der Waals surface area contributed by atoms with E-state index in [-0.39, 0.29) is 18.1 Å². The minimum atomic E-state index is -4.41. The second-order valence-corrected chi connectivity index (χ2v) is 4.99. The summed E-state index contributed by atoms with van der Waals surface area (Å²) in [6.45, 7) is 4.95. The summed E-state index contributed by atoms with van der Waals surface area (Å²) in [4.78, 5) is 11.6. The Morgan fingerprint density at radius 3 is 2.33 bits per heavy atom. The van der Waals surface area contributed by atoms with E-state index in [1.807, 2.05) is 0 Å². The molecule has 18 heavy (non-hydrogen) atoms. The van der Waals surface area contributed by atoms with Crippen molar-refractivity contribution in [2.45, 2.75) is 26.9 Å². The molecule has 1 aromatic carbocycles. The fraction of sp³-hybridized carbons (Fsp3) is 0.462. The molecule has 5 heteroatoms. The lowest BCUT2D eigenvalue weighted by atomic mass is 9.91. The smallest absolute Gasteiger partial charge is 0.416 e. The molecule has 0 saturated heterocycles. The third kappa shape index (κ3) is 4.05. The molecule has 0 aliphatic rings. The molecular weight excluding hydrogens is 245 g/mol. The van der Waals surface area contributed by atoms with Crippen molar-refractivity contribution in [2.75, 3.05) is 6.61 Å². The molecule has 0 atom stereocenters. The third-order valence-electron chi connectivity index (χ3n) is 2.37. The number of carbonyl (C=O) groups excluding carboxylic acids is 1. The molecule has 0 aliphatic carbocycles. The van der Waals surface area contributed by atoms with Crippen LogP contribution in [-0.2, 0) is 11.0 Å². The van der Waals surface area contributed by atoms with Gasteiger partial charge in [0.25, 0.3) is 0 Å². The number of benzene rings is 1. The minimum Gasteiger partial charge on any atom is -0.486 e. The third-order valence-corrected chi connectivity index (χ3v) is 2.37. The van der Waals surface area contributed by atoms with E-state index in [0.717, 1.165) is 12.1 Å². The van der Waals surface area contributed by atoms with Crippen molar-refractivity contribution in [3.05, 3.63) is 29.8 Å². The van der Waals surface area contributed by atoms with Gasteiger partial charge in [-0.05, 0) is 18.2 Å². The molecule has 0 saturated carbocycles. The van der Waals surface area contributed by atoms with Crippen LogP contribution in [0, 0.1) is 5.41 Å². The zero-order chi connectivity index (χ0) is 14.0. The van der Waals surface area contributed by atoms with E-state index in [1.54, 1.807) is 20.8 Å². The van der Waals surface area contributed by atoms with E-state index >= 15 is 0 Å². The van der Waals surface area contributed by atoms with Crippen molar-refractivity contribution in [3.8, 4) is 5.75 Å². The standard InChI is InChI=1S/C13H15F3O2/c1-12(2,3)11(17)8-18-10-6-4-5-9(7-10)13(14,15)16/h4-7H,8H2,1-3H3. The molecule has 0 bridgehead atoms. The first-order chi connectivity index (χ1) is 8.10. The summed E-state index contributed by atoms with van der Waals surface area (Å²) in [5, 5.41) is 0. The maximum absolute atomic E-state index is 12.4. The van der Waals surface area contributed by atoms with Crippen LogP contribution in [0.5, 0.6) is 5.75 Å². The van der Waals surface area contributed by atoms with Crippen LogP contribution in [0.25, 0.3) is 0 Å². The summed E-state index contributed by atoms with van der Waals surface area (Å²) >= 11 is 0. The van der Waals surface area contributed by atoms with Crippen LogP contribution in [0.15, 0.2) is 24.3 Å². The maximum Gasteiger partial charge on any atom is 0.416 e. The zero-order valence-corrected chi connectivity index (χ0v) is 10.5. The number of alkyl halides is 3. The van der Waals surface area contributed by atoms with Gasteiger partial charge in [-0.1, -0.05) is 26.8 Å². The van der Waals surface area contributed by atoms with Gasteiger partial charge in [-0.15, -0.1) is 0 Å². The predicted molar refractivity (Wildman–Crippen MR) is 61.4 cm³/mol. The van der Waals surface area contributed by atoms with Crippen LogP contribution in [-0.4, -0.2) is 12.4 Å². The van der Waals surface area contributed by atoms with Gasteiger partial charge in [0, 0.05) is 5.41 Å². The molecule has 0 heterocycles. The Labute approximate surface area is 104 Å². The van der Waals surface area contributed by atoms with E-state index in [0.29, 0.717) is 0 Å². The van der Waals surface area contributed by atoms with Gasteiger partial charge in [0.05, 0.1) is 5.56 Å². The van der Waals surface area contributed by atoms with E-state index in [4.69, 9.17) is 4.74 Å². The molecule has 0 amide bonds. The van der Waals surface area contributed by atoms with E-state index < -0.39 is 17.2 Å². The van der Waals surface area contributed by atoms with Crippen molar-refractivity contribution in [3.63, 3.8) is 0 Å². The molecule has 0 aromatic heterocycles. The number of Topliss-reactive ketones (excluding diaryl/α,β-unsaturated/α-hetero) is 1. The molecule has 100 valence electrons. The molecular formula is C13H15F3O2. The van der Waals surface area contributed by atoms with Crippen LogP contribution in [0.3, 0.4) is 0 Å². The molecule has 1 aromatic rings. The van der Waals surface area contributed by atoms with E-state index in [1.165, 1.54) is 12.1 Å². The fourth-order valence-electron chi connectivity index (χ4n) is 1.13. The highest BCUT2D eigenvalue weighted by Crippen LogP contribution is 2.31. The van der Waals surface area contributed by atoms with Gasteiger partial charge >= 0.3 is 6.18 Å². The lowest BCUT2D eigenvalue weighted by molar-refractivity contribution is -0.137. The van der Waals surface area contributed by atoms with Crippen LogP contribution in [0.1, 0.15) is 26.3 Å². The highest BCUT2D eigenvalue weighted by molar-refractivity contribution is 5.85. The normalized spacial score (nSPS) is 12.3. The highest BCUT2D eigenvalue weighted by Gasteiger charge is 2.30. The zero-order valence-electron chi connectivity index (χ0n) is 10.5. The summed E-state index contributed by atoms with van der Waals surface area (Å²) in [5.74, 6) is -0.123. The predicted octanol–water partition coefficient (Wildman–Crippen LogP) is 3.70. The molecule has 2 nitrogen and oxygen atoms in total. The first-order valence-corrected chi connectivity index (χ1v) is 5.44. The van der Waals surface area contributed by atoms with Gasteiger partial charge in [-0.2, -0.15) is 13.2 Å². The first-order valence-electron chi connectivity index (χ1n) is 5.44. The first kappa shape index (κ1) is 14.5. The SMILES string of the molecule is CC(C)(C)C(=O)COc1cccc(C(F)(F)F)c1. The molecule has 0 radical (unpaired) electrons. The quantitative estimate of drug-likeness (QED) is 0.828. The maximum atomic E-state index is 12.4. The number of rotatable bonds is 3. The van der Waals surface area contributed by atoms with Gasteiger partial charge in [-0.3, -0.25) is 4.79 Å². The van der Waals surface area contributed by atoms with Gasteiger partial charge in [-0.25, -0.2) is 0 Å². The lowest BCUT2D eigenvalue weighted by Gasteiger charge is -2.17. The Hall–Kier alpha value is -1.52. The Bertz CT molecular complexity index is 431. The lowest BCUT2D eigenvalue weighted by Crippen LogP contribution is -2.26. The molecule has 0 spiro atoms. The molecule has 0 fully saturated rings. The number of ether oxygens (including phenoxy) is 1. The van der Waals surface area contributed by atoms with E-state index in [9.17, 15) is 18.0 Å². The van der Waals surface area contributed by atoms with Gasteiger partial charge < -0.3 is 4.74 Å². The molecule has 1 rings (SSSR count). The number of ketones is 1. The summed E-state index contributed by atoms with van der Waals surface area (Å²) < 4.78 is 42.4. The van der Waals surface area contributed by atoms with Gasteiger partial charge in [0.15, 0.2) is 5.78 Å². The Kier molecular flexibility index (Phi) is 4.04. The second-order valence-electron chi connectivity index (χ2n) is 4.99. The van der Waals surface area contributed by atoms with Crippen molar-refractivity contribution in [1.29, 1.82) is 0 Å². The largest absolute Gasteiger partial charge is 0.486 e.